The Morgan fingerprint density at radius 3 is 2.42 bits per heavy atom. The lowest BCUT2D eigenvalue weighted by atomic mass is 10.2. The van der Waals surface area contributed by atoms with E-state index < -0.39 is 0 Å². The number of nitrogens with two attached hydrogens (primary N) is 1. The summed E-state index contributed by atoms with van der Waals surface area (Å²) in [5, 5.41) is 0. The Bertz CT molecular complexity index is 517. The van der Waals surface area contributed by atoms with Gasteiger partial charge in [-0.1, -0.05) is 0 Å². The topological polar surface area (TPSA) is 78.2 Å². The lowest BCUT2D eigenvalue weighted by Crippen LogP contribution is -2.48. The Balaban J connectivity index is 1.62. The zero-order chi connectivity index (χ0) is 13.0. The second-order valence-electron chi connectivity index (χ2n) is 6.10. The van der Waals surface area contributed by atoms with Gasteiger partial charge in [-0.05, 0) is 37.5 Å². The first-order chi connectivity index (χ1) is 9.20. The van der Waals surface area contributed by atoms with Gasteiger partial charge in [0.25, 0.3) is 5.91 Å². The molecular formula is C13H19N5O. The molecule has 3 aliphatic rings. The van der Waals surface area contributed by atoms with Crippen molar-refractivity contribution in [3.8, 4) is 0 Å². The molecule has 0 spiro atoms. The third kappa shape index (κ3) is 2.05. The van der Waals surface area contributed by atoms with E-state index in [1.54, 1.807) is 0 Å². The molecule has 1 aromatic rings. The lowest BCUT2D eigenvalue weighted by molar-refractivity contribution is 0.0726. The molecule has 1 aliphatic heterocycles. The van der Waals surface area contributed by atoms with Gasteiger partial charge in [-0.3, -0.25) is 4.79 Å². The van der Waals surface area contributed by atoms with E-state index in [0.717, 1.165) is 24.8 Å². The highest BCUT2D eigenvalue weighted by Gasteiger charge is 2.37. The fourth-order valence-corrected chi connectivity index (χ4v) is 2.76. The molecule has 2 aliphatic carbocycles. The second-order valence-corrected chi connectivity index (χ2v) is 6.10. The predicted molar refractivity (Wildman–Crippen MR) is 71.7 cm³/mol. The smallest absolute Gasteiger partial charge is 0.275 e. The number of carbonyl (C=O) groups is 1. The summed E-state index contributed by atoms with van der Waals surface area (Å²) in [5.74, 6) is 2.61. The van der Waals surface area contributed by atoms with Crippen LogP contribution in [0.15, 0.2) is 0 Å². The number of aromatic nitrogens is 2. The Morgan fingerprint density at radius 1 is 1.16 bits per heavy atom. The first kappa shape index (κ1) is 11.1. The average molecular weight is 261 g/mol. The SMILES string of the molecule is Nc1nc2c([nH]1)C(=O)N(CC1CC1)CN2CC1CC1. The molecule has 2 saturated carbocycles. The molecule has 0 atom stereocenters. The lowest BCUT2D eigenvalue weighted by Gasteiger charge is -2.35. The van der Waals surface area contributed by atoms with Crippen LogP contribution in [0.25, 0.3) is 0 Å². The Labute approximate surface area is 112 Å². The van der Waals surface area contributed by atoms with Gasteiger partial charge in [-0.25, -0.2) is 0 Å². The highest BCUT2D eigenvalue weighted by Crippen LogP contribution is 2.36. The van der Waals surface area contributed by atoms with Gasteiger partial charge in [-0.2, -0.15) is 4.98 Å². The number of amides is 1. The molecule has 6 heteroatoms. The van der Waals surface area contributed by atoms with Gasteiger partial charge in [0.05, 0.1) is 6.67 Å². The van der Waals surface area contributed by atoms with Crippen molar-refractivity contribution in [1.82, 2.24) is 14.9 Å². The first-order valence-electron chi connectivity index (χ1n) is 7.10. The Hall–Kier alpha value is -1.72. The zero-order valence-electron chi connectivity index (χ0n) is 10.9. The van der Waals surface area contributed by atoms with Crippen molar-refractivity contribution in [3.05, 3.63) is 5.69 Å². The first-order valence-corrected chi connectivity index (χ1v) is 7.10. The minimum Gasteiger partial charge on any atom is -0.369 e. The number of aromatic amines is 1. The van der Waals surface area contributed by atoms with Crippen molar-refractivity contribution in [2.45, 2.75) is 25.7 Å². The van der Waals surface area contributed by atoms with E-state index in [-0.39, 0.29) is 5.91 Å². The van der Waals surface area contributed by atoms with E-state index in [1.807, 2.05) is 4.90 Å². The number of carbonyl (C=O) groups excluding carboxylic acids is 1. The molecule has 0 radical (unpaired) electrons. The molecule has 0 aromatic carbocycles. The Morgan fingerprint density at radius 2 is 1.79 bits per heavy atom. The largest absolute Gasteiger partial charge is 0.369 e. The van der Waals surface area contributed by atoms with Gasteiger partial charge in [0.1, 0.15) is 0 Å². The minimum absolute atomic E-state index is 0.0538. The van der Waals surface area contributed by atoms with Crippen LogP contribution in [0, 0.1) is 11.8 Å². The van der Waals surface area contributed by atoms with E-state index in [9.17, 15) is 4.79 Å². The van der Waals surface area contributed by atoms with Crippen LogP contribution in [0.5, 0.6) is 0 Å². The summed E-state index contributed by atoms with van der Waals surface area (Å²) >= 11 is 0. The van der Waals surface area contributed by atoms with E-state index in [1.165, 1.54) is 25.7 Å². The molecule has 1 amide bonds. The van der Waals surface area contributed by atoms with Crippen molar-refractivity contribution in [3.63, 3.8) is 0 Å². The van der Waals surface area contributed by atoms with Gasteiger partial charge < -0.3 is 20.5 Å². The number of nitrogens with one attached hydrogen (secondary N) is 1. The van der Waals surface area contributed by atoms with Gasteiger partial charge in [0.2, 0.25) is 0 Å². The standard InChI is InChI=1S/C13H19N5O/c14-13-15-10-11(16-13)17(5-8-1-2-8)7-18(12(10)19)6-9-3-4-9/h8-9H,1-7H2,(H3,14,15,16). The summed E-state index contributed by atoms with van der Waals surface area (Å²) < 4.78 is 0. The minimum atomic E-state index is 0.0538. The van der Waals surface area contributed by atoms with Crippen LogP contribution in [0.4, 0.5) is 11.8 Å². The highest BCUT2D eigenvalue weighted by molar-refractivity contribution is 5.99. The van der Waals surface area contributed by atoms with Crippen LogP contribution < -0.4 is 10.6 Å². The van der Waals surface area contributed by atoms with Crippen molar-refractivity contribution < 1.29 is 4.79 Å². The number of H-pyrrole nitrogens is 1. The third-order valence-electron chi connectivity index (χ3n) is 4.20. The third-order valence-corrected chi connectivity index (χ3v) is 4.20. The highest BCUT2D eigenvalue weighted by atomic mass is 16.2. The number of nitrogens with zero attached hydrogens (tertiary/aromatic N) is 3. The molecule has 0 unspecified atom stereocenters. The van der Waals surface area contributed by atoms with Gasteiger partial charge in [0, 0.05) is 13.1 Å². The van der Waals surface area contributed by atoms with Gasteiger partial charge in [0.15, 0.2) is 17.5 Å². The predicted octanol–water partition coefficient (Wildman–Crippen LogP) is 1.03. The number of hydrogen-bond acceptors (Lipinski definition) is 4. The second kappa shape index (κ2) is 3.88. The molecule has 102 valence electrons. The van der Waals surface area contributed by atoms with Crippen molar-refractivity contribution in [2.24, 2.45) is 11.8 Å². The molecule has 3 N–H and O–H groups in total. The van der Waals surface area contributed by atoms with E-state index in [2.05, 4.69) is 14.9 Å². The van der Waals surface area contributed by atoms with Crippen LogP contribution in [-0.4, -0.2) is 40.5 Å². The zero-order valence-corrected chi connectivity index (χ0v) is 10.9. The van der Waals surface area contributed by atoms with Crippen LogP contribution in [-0.2, 0) is 0 Å². The van der Waals surface area contributed by atoms with Crippen molar-refractivity contribution in [2.75, 3.05) is 30.4 Å². The van der Waals surface area contributed by atoms with E-state index >= 15 is 0 Å². The average Bonchev–Trinajstić information content (AvgIpc) is 3.27. The number of imidazole rings is 1. The molecule has 6 nitrogen and oxygen atoms in total. The van der Waals surface area contributed by atoms with E-state index in [0.29, 0.717) is 24.2 Å². The molecule has 19 heavy (non-hydrogen) atoms. The summed E-state index contributed by atoms with van der Waals surface area (Å²) in [4.78, 5) is 23.8. The number of rotatable bonds is 4. The van der Waals surface area contributed by atoms with Crippen LogP contribution >= 0.6 is 0 Å². The maximum atomic E-state index is 12.4. The number of anilines is 2. The molecule has 0 saturated heterocycles. The van der Waals surface area contributed by atoms with Gasteiger partial charge in [-0.15, -0.1) is 0 Å². The number of nitrogen functional groups attached to an aromatic ring is 1. The van der Waals surface area contributed by atoms with Crippen molar-refractivity contribution in [1.29, 1.82) is 0 Å². The maximum Gasteiger partial charge on any atom is 0.275 e. The van der Waals surface area contributed by atoms with Crippen LogP contribution in [0.1, 0.15) is 36.2 Å². The quantitative estimate of drug-likeness (QED) is 0.848. The molecule has 2 heterocycles. The van der Waals surface area contributed by atoms with Crippen molar-refractivity contribution >= 4 is 17.7 Å². The normalized spacial score (nSPS) is 22.8. The summed E-state index contributed by atoms with van der Waals surface area (Å²) in [7, 11) is 0. The summed E-state index contributed by atoms with van der Waals surface area (Å²) in [6.45, 7) is 2.53. The molecule has 0 bridgehead atoms. The molecular weight excluding hydrogens is 242 g/mol. The maximum absolute atomic E-state index is 12.4. The number of fused-ring (bicyclic) bond motifs is 1. The number of hydrogen-bond donors (Lipinski definition) is 2. The summed E-state index contributed by atoms with van der Waals surface area (Å²) in [5.41, 5.74) is 6.30. The fraction of sp³-hybridized carbons (Fsp3) is 0.692. The Kier molecular flexibility index (Phi) is 2.28. The monoisotopic (exact) mass is 261 g/mol. The fourth-order valence-electron chi connectivity index (χ4n) is 2.76. The molecule has 1 aromatic heterocycles. The van der Waals surface area contributed by atoms with Gasteiger partial charge >= 0.3 is 0 Å². The summed E-state index contributed by atoms with van der Waals surface area (Å²) in [6, 6.07) is 0. The van der Waals surface area contributed by atoms with E-state index in [4.69, 9.17) is 5.73 Å². The molecule has 4 rings (SSSR count). The van der Waals surface area contributed by atoms with Crippen LogP contribution in [0.3, 0.4) is 0 Å². The summed E-state index contributed by atoms with van der Waals surface area (Å²) in [6.07, 6.45) is 5.10. The molecule has 2 fully saturated rings. The van der Waals surface area contributed by atoms with Crippen LogP contribution in [0.2, 0.25) is 0 Å².